The first-order valence-corrected chi connectivity index (χ1v) is 11.5. The van der Waals surface area contributed by atoms with Crippen molar-refractivity contribution in [2.75, 3.05) is 7.05 Å². The van der Waals surface area contributed by atoms with Crippen LogP contribution in [0, 0.1) is 0 Å². The molecule has 7 nitrogen and oxygen atoms in total. The molecule has 3 N–H and O–H groups in total. The lowest BCUT2D eigenvalue weighted by Crippen LogP contribution is -2.24. The maximum atomic E-state index is 12.4. The van der Waals surface area contributed by atoms with Crippen molar-refractivity contribution in [1.29, 1.82) is 0 Å². The highest BCUT2D eigenvalue weighted by molar-refractivity contribution is 7.89. The zero-order valence-corrected chi connectivity index (χ0v) is 17.8. The van der Waals surface area contributed by atoms with Crippen molar-refractivity contribution >= 4 is 33.2 Å². The minimum absolute atomic E-state index is 0.0916. The summed E-state index contributed by atoms with van der Waals surface area (Å²) in [6.07, 6.45) is 0. The largest absolute Gasteiger partial charge is 0.355 e. The van der Waals surface area contributed by atoms with Gasteiger partial charge in [-0.3, -0.25) is 9.59 Å². The van der Waals surface area contributed by atoms with E-state index in [9.17, 15) is 18.0 Å². The highest BCUT2D eigenvalue weighted by Crippen LogP contribution is 2.14. The van der Waals surface area contributed by atoms with Crippen LogP contribution in [0.4, 0.5) is 0 Å². The highest BCUT2D eigenvalue weighted by Gasteiger charge is 2.15. The molecule has 2 amide bonds. The van der Waals surface area contributed by atoms with Crippen LogP contribution in [-0.4, -0.2) is 27.3 Å². The number of rotatable bonds is 8. The van der Waals surface area contributed by atoms with Crippen LogP contribution in [0.15, 0.2) is 70.9 Å². The van der Waals surface area contributed by atoms with E-state index in [-0.39, 0.29) is 29.8 Å². The fourth-order valence-electron chi connectivity index (χ4n) is 2.70. The van der Waals surface area contributed by atoms with Gasteiger partial charge in [-0.2, -0.15) is 0 Å². The van der Waals surface area contributed by atoms with Crippen LogP contribution >= 0.6 is 11.3 Å². The van der Waals surface area contributed by atoms with Gasteiger partial charge in [0.05, 0.1) is 4.90 Å². The van der Waals surface area contributed by atoms with Crippen LogP contribution in [0.25, 0.3) is 0 Å². The summed E-state index contributed by atoms with van der Waals surface area (Å²) in [5.41, 5.74) is 1.63. The van der Waals surface area contributed by atoms with Gasteiger partial charge in [0.2, 0.25) is 10.0 Å². The van der Waals surface area contributed by atoms with Gasteiger partial charge in [-0.15, -0.1) is 11.3 Å². The molecule has 0 bridgehead atoms. The molecule has 0 saturated heterocycles. The molecular weight excluding hydrogens is 422 g/mol. The van der Waals surface area contributed by atoms with Crippen LogP contribution < -0.4 is 15.4 Å². The molecule has 156 valence electrons. The third kappa shape index (κ3) is 5.53. The van der Waals surface area contributed by atoms with Gasteiger partial charge in [-0.05, 0) is 53.4 Å². The van der Waals surface area contributed by atoms with E-state index in [2.05, 4.69) is 15.4 Å². The molecule has 0 unspecified atom stereocenters. The quantitative estimate of drug-likeness (QED) is 0.498. The number of amides is 2. The predicted octanol–water partition coefficient (Wildman–Crippen LogP) is 2.52. The number of thiophene rings is 1. The Labute approximate surface area is 179 Å². The van der Waals surface area contributed by atoms with E-state index >= 15 is 0 Å². The summed E-state index contributed by atoms with van der Waals surface area (Å²) < 4.78 is 27.3. The maximum absolute atomic E-state index is 12.4. The monoisotopic (exact) mass is 443 g/mol. The Morgan fingerprint density at radius 2 is 1.67 bits per heavy atom. The van der Waals surface area contributed by atoms with E-state index in [1.165, 1.54) is 35.6 Å². The van der Waals surface area contributed by atoms with Crippen molar-refractivity contribution in [3.05, 3.63) is 87.6 Å². The Morgan fingerprint density at radius 3 is 2.33 bits per heavy atom. The van der Waals surface area contributed by atoms with E-state index in [0.717, 1.165) is 10.4 Å². The average molecular weight is 444 g/mol. The molecule has 3 aromatic rings. The van der Waals surface area contributed by atoms with E-state index in [1.54, 1.807) is 25.2 Å². The van der Waals surface area contributed by atoms with Gasteiger partial charge in [-0.25, -0.2) is 13.1 Å². The second-order valence-electron chi connectivity index (χ2n) is 6.39. The lowest BCUT2D eigenvalue weighted by atomic mass is 10.1. The molecule has 0 saturated carbocycles. The maximum Gasteiger partial charge on any atom is 0.251 e. The SMILES string of the molecule is CNC(=O)c1cccc(CNC(=O)c2ccc(S(=O)(=O)NCc3cccs3)cc2)c1. The fraction of sp³-hybridized carbons (Fsp3) is 0.143. The predicted molar refractivity (Wildman–Crippen MR) is 116 cm³/mol. The van der Waals surface area contributed by atoms with Gasteiger partial charge in [0.25, 0.3) is 11.8 Å². The average Bonchev–Trinajstić information content (AvgIpc) is 3.30. The molecule has 0 spiro atoms. The topological polar surface area (TPSA) is 104 Å². The summed E-state index contributed by atoms with van der Waals surface area (Å²) in [5, 5.41) is 7.20. The number of carbonyl (C=O) groups excluding carboxylic acids is 2. The van der Waals surface area contributed by atoms with Gasteiger partial charge in [0.1, 0.15) is 0 Å². The Morgan fingerprint density at radius 1 is 0.900 bits per heavy atom. The third-order valence-corrected chi connectivity index (χ3v) is 6.61. The lowest BCUT2D eigenvalue weighted by Gasteiger charge is -2.09. The summed E-state index contributed by atoms with van der Waals surface area (Å²) in [4.78, 5) is 25.1. The summed E-state index contributed by atoms with van der Waals surface area (Å²) in [6, 6.07) is 16.4. The van der Waals surface area contributed by atoms with Crippen molar-refractivity contribution in [3.63, 3.8) is 0 Å². The summed E-state index contributed by atoms with van der Waals surface area (Å²) in [5.74, 6) is -0.538. The molecule has 1 aromatic heterocycles. The molecule has 0 fully saturated rings. The van der Waals surface area contributed by atoms with E-state index in [1.807, 2.05) is 23.6 Å². The summed E-state index contributed by atoms with van der Waals surface area (Å²) in [7, 11) is -2.11. The normalized spacial score (nSPS) is 11.1. The number of hydrogen-bond donors (Lipinski definition) is 3. The van der Waals surface area contributed by atoms with Gasteiger partial charge < -0.3 is 10.6 Å². The van der Waals surface area contributed by atoms with E-state index in [0.29, 0.717) is 11.1 Å². The molecule has 0 atom stereocenters. The van der Waals surface area contributed by atoms with Crippen molar-refractivity contribution < 1.29 is 18.0 Å². The minimum Gasteiger partial charge on any atom is -0.355 e. The van der Waals surface area contributed by atoms with E-state index < -0.39 is 10.0 Å². The van der Waals surface area contributed by atoms with Crippen LogP contribution in [-0.2, 0) is 23.1 Å². The Bertz CT molecular complexity index is 1130. The van der Waals surface area contributed by atoms with Gasteiger partial charge in [0, 0.05) is 36.1 Å². The van der Waals surface area contributed by atoms with Crippen LogP contribution in [0.3, 0.4) is 0 Å². The van der Waals surface area contributed by atoms with Crippen molar-refractivity contribution in [2.24, 2.45) is 0 Å². The van der Waals surface area contributed by atoms with Gasteiger partial charge in [0.15, 0.2) is 0 Å². The number of benzene rings is 2. The van der Waals surface area contributed by atoms with Crippen molar-refractivity contribution in [2.45, 2.75) is 18.0 Å². The zero-order chi connectivity index (χ0) is 21.6. The molecule has 2 aromatic carbocycles. The number of nitrogens with one attached hydrogen (secondary N) is 3. The van der Waals surface area contributed by atoms with Crippen LogP contribution in [0.2, 0.25) is 0 Å². The van der Waals surface area contributed by atoms with E-state index in [4.69, 9.17) is 0 Å². The lowest BCUT2D eigenvalue weighted by molar-refractivity contribution is 0.0948. The zero-order valence-electron chi connectivity index (χ0n) is 16.2. The molecule has 9 heteroatoms. The molecule has 0 aliphatic rings. The number of sulfonamides is 1. The Balaban J connectivity index is 1.60. The van der Waals surface area contributed by atoms with Crippen molar-refractivity contribution in [1.82, 2.24) is 15.4 Å². The minimum atomic E-state index is -3.66. The fourth-order valence-corrected chi connectivity index (χ4v) is 4.44. The first-order chi connectivity index (χ1) is 14.4. The highest BCUT2D eigenvalue weighted by atomic mass is 32.2. The Kier molecular flexibility index (Phi) is 6.99. The Hall–Kier alpha value is -3.01. The first-order valence-electron chi connectivity index (χ1n) is 9.10. The van der Waals surface area contributed by atoms with Gasteiger partial charge >= 0.3 is 0 Å². The molecule has 30 heavy (non-hydrogen) atoms. The second-order valence-corrected chi connectivity index (χ2v) is 9.19. The molecular formula is C21H21N3O4S2. The molecule has 0 radical (unpaired) electrons. The molecule has 1 heterocycles. The molecule has 0 aliphatic carbocycles. The number of hydrogen-bond acceptors (Lipinski definition) is 5. The second kappa shape index (κ2) is 9.66. The van der Waals surface area contributed by atoms with Crippen LogP contribution in [0.5, 0.6) is 0 Å². The molecule has 3 rings (SSSR count). The summed E-state index contributed by atoms with van der Waals surface area (Å²) in [6.45, 7) is 0.462. The van der Waals surface area contributed by atoms with Crippen molar-refractivity contribution in [3.8, 4) is 0 Å². The molecule has 0 aliphatic heterocycles. The first kappa shape index (κ1) is 21.7. The number of carbonyl (C=O) groups is 2. The summed E-state index contributed by atoms with van der Waals surface area (Å²) >= 11 is 1.47. The standard InChI is InChI=1S/C21H21N3O4S2/c1-22-20(25)17-5-2-4-15(12-17)13-23-21(26)16-7-9-19(10-8-16)30(27,28)24-14-18-6-3-11-29-18/h2-12,24H,13-14H2,1H3,(H,22,25)(H,23,26). The van der Waals surface area contributed by atoms with Gasteiger partial charge in [-0.1, -0.05) is 18.2 Å². The smallest absolute Gasteiger partial charge is 0.251 e. The van der Waals surface area contributed by atoms with Crippen LogP contribution in [0.1, 0.15) is 31.2 Å². The third-order valence-electron chi connectivity index (χ3n) is 4.31.